The molecule has 20 heavy (non-hydrogen) atoms. The fourth-order valence-corrected chi connectivity index (χ4v) is 1.32. The molecular formula is C14H24N4O2. The maximum Gasteiger partial charge on any atom is 0.248 e. The zero-order chi connectivity index (χ0) is 15.7. The number of amides is 2. The topological polar surface area (TPSA) is 138 Å². The molecule has 0 bridgehead atoms. The van der Waals surface area contributed by atoms with E-state index in [0.29, 0.717) is 11.1 Å². The van der Waals surface area contributed by atoms with E-state index in [-0.39, 0.29) is 6.17 Å². The van der Waals surface area contributed by atoms with Gasteiger partial charge in [-0.25, -0.2) is 0 Å². The van der Waals surface area contributed by atoms with Crippen molar-refractivity contribution in [1.82, 2.24) is 0 Å². The second-order valence-corrected chi connectivity index (χ2v) is 4.94. The van der Waals surface area contributed by atoms with E-state index >= 15 is 0 Å². The standard InChI is InChI=1S/C8H8N2O2.C6H16N2/c9-7(11)5-1-2-6(4-3-5)8(10)12;1-5(2)3-4-6(7)8/h1-4H,(H2,9,11)(H2,10,12);5-6H,3-4,7-8H2,1-2H3. The summed E-state index contributed by atoms with van der Waals surface area (Å²) in [6, 6.07) is 5.84. The van der Waals surface area contributed by atoms with E-state index in [4.69, 9.17) is 22.9 Å². The lowest BCUT2D eigenvalue weighted by atomic mass is 10.1. The molecule has 1 aromatic carbocycles. The Balaban J connectivity index is 0.000000396. The van der Waals surface area contributed by atoms with Gasteiger partial charge in [0.1, 0.15) is 0 Å². The van der Waals surface area contributed by atoms with Crippen LogP contribution in [0.1, 0.15) is 47.4 Å². The number of rotatable bonds is 5. The van der Waals surface area contributed by atoms with E-state index in [1.165, 1.54) is 24.3 Å². The summed E-state index contributed by atoms with van der Waals surface area (Å²) >= 11 is 0. The van der Waals surface area contributed by atoms with E-state index in [1.54, 1.807) is 0 Å². The van der Waals surface area contributed by atoms with Crippen LogP contribution in [0.15, 0.2) is 24.3 Å². The first-order valence-corrected chi connectivity index (χ1v) is 6.44. The van der Waals surface area contributed by atoms with Crippen molar-refractivity contribution in [1.29, 1.82) is 0 Å². The molecule has 0 aromatic heterocycles. The summed E-state index contributed by atoms with van der Waals surface area (Å²) in [5.41, 5.74) is 21.3. The van der Waals surface area contributed by atoms with Crippen molar-refractivity contribution in [3.8, 4) is 0 Å². The highest BCUT2D eigenvalue weighted by Gasteiger charge is 2.02. The second kappa shape index (κ2) is 9.06. The van der Waals surface area contributed by atoms with Crippen LogP contribution in [0, 0.1) is 5.92 Å². The van der Waals surface area contributed by atoms with Gasteiger partial charge in [-0.1, -0.05) is 13.8 Å². The first-order chi connectivity index (χ1) is 9.23. The third-order valence-corrected chi connectivity index (χ3v) is 2.53. The van der Waals surface area contributed by atoms with Crippen molar-refractivity contribution in [3.63, 3.8) is 0 Å². The zero-order valence-electron chi connectivity index (χ0n) is 12.0. The Kier molecular flexibility index (Phi) is 8.19. The van der Waals surface area contributed by atoms with Gasteiger partial charge in [-0.2, -0.15) is 0 Å². The number of benzene rings is 1. The summed E-state index contributed by atoms with van der Waals surface area (Å²) in [5.74, 6) is -0.318. The van der Waals surface area contributed by atoms with Gasteiger partial charge in [0.15, 0.2) is 0 Å². The first-order valence-electron chi connectivity index (χ1n) is 6.44. The molecule has 0 fully saturated rings. The lowest BCUT2D eigenvalue weighted by molar-refractivity contribution is 0.0988. The van der Waals surface area contributed by atoms with Gasteiger partial charge in [-0.05, 0) is 43.0 Å². The van der Waals surface area contributed by atoms with Crippen LogP contribution in [0.3, 0.4) is 0 Å². The molecule has 0 heterocycles. The van der Waals surface area contributed by atoms with Crippen molar-refractivity contribution in [2.24, 2.45) is 28.9 Å². The van der Waals surface area contributed by atoms with E-state index < -0.39 is 11.8 Å². The Labute approximate surface area is 119 Å². The second-order valence-electron chi connectivity index (χ2n) is 4.94. The van der Waals surface area contributed by atoms with Crippen LogP contribution in [0.25, 0.3) is 0 Å². The van der Waals surface area contributed by atoms with Crippen LogP contribution in [0.2, 0.25) is 0 Å². The minimum absolute atomic E-state index is 0.114. The molecule has 2 amide bonds. The lowest BCUT2D eigenvalue weighted by Crippen LogP contribution is -2.30. The monoisotopic (exact) mass is 280 g/mol. The van der Waals surface area contributed by atoms with Crippen molar-refractivity contribution in [3.05, 3.63) is 35.4 Å². The van der Waals surface area contributed by atoms with E-state index in [0.717, 1.165) is 18.8 Å². The molecule has 0 radical (unpaired) electrons. The van der Waals surface area contributed by atoms with Gasteiger partial charge in [-0.15, -0.1) is 0 Å². The highest BCUT2D eigenvalue weighted by atomic mass is 16.1. The van der Waals surface area contributed by atoms with Gasteiger partial charge in [-0.3, -0.25) is 9.59 Å². The molecule has 0 atom stereocenters. The minimum atomic E-state index is -0.522. The number of carbonyl (C=O) groups excluding carboxylic acids is 2. The molecule has 0 aliphatic rings. The van der Waals surface area contributed by atoms with E-state index in [1.807, 2.05) is 0 Å². The highest BCUT2D eigenvalue weighted by molar-refractivity contribution is 5.96. The molecule has 1 aromatic rings. The molecule has 0 saturated carbocycles. The predicted octanol–water partition coefficient (Wildman–Crippen LogP) is 0.551. The summed E-state index contributed by atoms with van der Waals surface area (Å²) in [6.45, 7) is 4.34. The van der Waals surface area contributed by atoms with Crippen molar-refractivity contribution in [2.75, 3.05) is 0 Å². The molecule has 6 nitrogen and oxygen atoms in total. The third kappa shape index (κ3) is 8.23. The fraction of sp³-hybridized carbons (Fsp3) is 0.429. The predicted molar refractivity (Wildman–Crippen MR) is 79.7 cm³/mol. The maximum absolute atomic E-state index is 10.6. The summed E-state index contributed by atoms with van der Waals surface area (Å²) < 4.78 is 0. The van der Waals surface area contributed by atoms with Crippen LogP contribution in [-0.4, -0.2) is 18.0 Å². The average Bonchev–Trinajstić information content (AvgIpc) is 2.37. The van der Waals surface area contributed by atoms with Gasteiger partial charge in [0.25, 0.3) is 0 Å². The first kappa shape index (κ1) is 18.1. The van der Waals surface area contributed by atoms with Crippen LogP contribution in [0.5, 0.6) is 0 Å². The Morgan fingerprint density at radius 1 is 0.900 bits per heavy atom. The van der Waals surface area contributed by atoms with E-state index in [2.05, 4.69) is 13.8 Å². The molecule has 0 aliphatic carbocycles. The quantitative estimate of drug-likeness (QED) is 0.585. The molecule has 0 spiro atoms. The Bertz CT molecular complexity index is 386. The molecule has 0 aliphatic heterocycles. The summed E-state index contributed by atoms with van der Waals surface area (Å²) in [4.78, 5) is 21.2. The summed E-state index contributed by atoms with van der Waals surface area (Å²) in [7, 11) is 0. The van der Waals surface area contributed by atoms with Crippen molar-refractivity contribution in [2.45, 2.75) is 32.9 Å². The normalized spacial score (nSPS) is 10.1. The smallest absolute Gasteiger partial charge is 0.248 e. The van der Waals surface area contributed by atoms with Gasteiger partial charge in [0.2, 0.25) is 11.8 Å². The van der Waals surface area contributed by atoms with Crippen LogP contribution >= 0.6 is 0 Å². The SMILES string of the molecule is CC(C)CCC(N)N.NC(=O)c1ccc(C(N)=O)cc1. The minimum Gasteiger partial charge on any atom is -0.366 e. The van der Waals surface area contributed by atoms with Gasteiger partial charge in [0, 0.05) is 11.1 Å². The fourth-order valence-electron chi connectivity index (χ4n) is 1.32. The number of hydrogen-bond acceptors (Lipinski definition) is 4. The van der Waals surface area contributed by atoms with Crippen molar-refractivity contribution >= 4 is 11.8 Å². The number of carbonyl (C=O) groups is 2. The van der Waals surface area contributed by atoms with Gasteiger partial charge in [0.05, 0.1) is 6.17 Å². The van der Waals surface area contributed by atoms with Crippen molar-refractivity contribution < 1.29 is 9.59 Å². The van der Waals surface area contributed by atoms with Crippen LogP contribution in [-0.2, 0) is 0 Å². The Morgan fingerprint density at radius 3 is 1.40 bits per heavy atom. The molecule has 0 saturated heterocycles. The zero-order valence-corrected chi connectivity index (χ0v) is 12.0. The third-order valence-electron chi connectivity index (χ3n) is 2.53. The Hall–Kier alpha value is -1.92. The van der Waals surface area contributed by atoms with Gasteiger partial charge >= 0.3 is 0 Å². The van der Waals surface area contributed by atoms with E-state index in [9.17, 15) is 9.59 Å². The molecule has 6 heteroatoms. The number of nitrogens with two attached hydrogens (primary N) is 4. The number of primary amides is 2. The molecule has 8 N–H and O–H groups in total. The average molecular weight is 280 g/mol. The maximum atomic E-state index is 10.6. The van der Waals surface area contributed by atoms with Gasteiger partial charge < -0.3 is 22.9 Å². The number of hydrogen-bond donors (Lipinski definition) is 4. The summed E-state index contributed by atoms with van der Waals surface area (Å²) in [5, 5.41) is 0. The van der Waals surface area contributed by atoms with Crippen LogP contribution in [0.4, 0.5) is 0 Å². The molecule has 1 rings (SSSR count). The Morgan fingerprint density at radius 2 is 1.25 bits per heavy atom. The largest absolute Gasteiger partial charge is 0.366 e. The summed E-state index contributed by atoms with van der Waals surface area (Å²) in [6.07, 6.45) is 1.97. The molecule has 112 valence electrons. The lowest BCUT2D eigenvalue weighted by Gasteiger charge is -2.05. The molecular weight excluding hydrogens is 256 g/mol. The highest BCUT2D eigenvalue weighted by Crippen LogP contribution is 2.03. The van der Waals surface area contributed by atoms with Crippen LogP contribution < -0.4 is 22.9 Å². The molecule has 0 unspecified atom stereocenters.